The summed E-state index contributed by atoms with van der Waals surface area (Å²) in [6.07, 6.45) is 0.455. The van der Waals surface area contributed by atoms with Gasteiger partial charge in [0.1, 0.15) is 5.82 Å². The second kappa shape index (κ2) is 9.00. The van der Waals surface area contributed by atoms with E-state index in [4.69, 9.17) is 22.1 Å². The van der Waals surface area contributed by atoms with Crippen LogP contribution in [0.3, 0.4) is 0 Å². The first-order valence-corrected chi connectivity index (χ1v) is 10.6. The van der Waals surface area contributed by atoms with Crippen LogP contribution in [0.5, 0.6) is 0 Å². The van der Waals surface area contributed by atoms with Crippen molar-refractivity contribution in [3.8, 4) is 0 Å². The summed E-state index contributed by atoms with van der Waals surface area (Å²) in [5, 5.41) is 2.19. The third kappa shape index (κ3) is 4.62. The second-order valence-electron chi connectivity index (χ2n) is 8.43. The van der Waals surface area contributed by atoms with Crippen molar-refractivity contribution in [2.45, 2.75) is 26.3 Å². The normalized spacial score (nSPS) is 26.4. The predicted octanol–water partition coefficient (Wildman–Crippen LogP) is 2.00. The average Bonchev–Trinajstić information content (AvgIpc) is 3.44. The van der Waals surface area contributed by atoms with E-state index in [-0.39, 0.29) is 29.5 Å². The number of carbonyl (C=O) groups excluding carboxylic acids is 3. The van der Waals surface area contributed by atoms with Crippen LogP contribution < -0.4 is 16.0 Å². The van der Waals surface area contributed by atoms with Crippen molar-refractivity contribution in [3.05, 3.63) is 29.0 Å². The number of hydrogen-bond acceptors (Lipinski definition) is 5. The van der Waals surface area contributed by atoms with Gasteiger partial charge in [-0.15, -0.1) is 0 Å². The fraction of sp³-hybridized carbons (Fsp3) is 0.571. The Balaban J connectivity index is 1.65. The van der Waals surface area contributed by atoms with Crippen LogP contribution in [-0.2, 0) is 14.3 Å². The van der Waals surface area contributed by atoms with Gasteiger partial charge in [-0.05, 0) is 37.5 Å². The van der Waals surface area contributed by atoms with Gasteiger partial charge >= 0.3 is 6.03 Å². The number of anilines is 1. The van der Waals surface area contributed by atoms with Crippen molar-refractivity contribution in [2.24, 2.45) is 23.0 Å². The zero-order valence-corrected chi connectivity index (χ0v) is 18.6. The lowest BCUT2D eigenvalue weighted by atomic mass is 9.94. The first-order chi connectivity index (χ1) is 14.6. The maximum Gasteiger partial charge on any atom is 0.318 e. The minimum absolute atomic E-state index is 0.00697. The molecule has 0 aromatic heterocycles. The van der Waals surface area contributed by atoms with Gasteiger partial charge in [-0.3, -0.25) is 14.9 Å². The molecule has 3 N–H and O–H groups in total. The zero-order chi connectivity index (χ0) is 22.9. The van der Waals surface area contributed by atoms with E-state index in [1.165, 1.54) is 13.2 Å². The van der Waals surface area contributed by atoms with Crippen LogP contribution >= 0.6 is 11.6 Å². The molecule has 1 saturated carbocycles. The summed E-state index contributed by atoms with van der Waals surface area (Å²) in [4.78, 5) is 40.7. The highest BCUT2D eigenvalue weighted by Crippen LogP contribution is 2.57. The quantitative estimate of drug-likeness (QED) is 0.684. The molecule has 4 amide bonds. The molecule has 2 aliphatic rings. The molecule has 4 atom stereocenters. The van der Waals surface area contributed by atoms with Crippen molar-refractivity contribution in [3.63, 3.8) is 0 Å². The van der Waals surface area contributed by atoms with Gasteiger partial charge in [-0.2, -0.15) is 0 Å². The van der Waals surface area contributed by atoms with Crippen molar-refractivity contribution in [1.82, 2.24) is 10.2 Å². The molecule has 1 heterocycles. The van der Waals surface area contributed by atoms with Crippen LogP contribution in [0, 0.1) is 23.1 Å². The van der Waals surface area contributed by atoms with Crippen LogP contribution in [0.1, 0.15) is 20.3 Å². The van der Waals surface area contributed by atoms with Crippen molar-refractivity contribution < 1.29 is 23.5 Å². The molecule has 0 radical (unpaired) electrons. The molecular weight excluding hydrogens is 427 g/mol. The lowest BCUT2D eigenvalue weighted by Crippen LogP contribution is -2.55. The number of amides is 4. The largest absolute Gasteiger partial charge is 0.384 e. The number of nitrogens with one attached hydrogen (secondary N) is 1. The van der Waals surface area contributed by atoms with E-state index in [1.54, 1.807) is 24.0 Å². The fourth-order valence-corrected chi connectivity index (χ4v) is 4.82. The summed E-state index contributed by atoms with van der Waals surface area (Å²) in [5.74, 6) is -1.65. The number of rotatable bonds is 6. The molecular formula is C21H28ClFN4O4. The number of urea groups is 1. The van der Waals surface area contributed by atoms with Gasteiger partial charge in [-0.25, -0.2) is 9.18 Å². The van der Waals surface area contributed by atoms with E-state index < -0.39 is 29.1 Å². The number of hydrogen-bond donors (Lipinski definition) is 2. The summed E-state index contributed by atoms with van der Waals surface area (Å²) in [6.45, 7) is 5.49. The molecule has 1 aromatic rings. The van der Waals surface area contributed by atoms with Crippen molar-refractivity contribution in [2.75, 3.05) is 38.3 Å². The molecule has 0 spiro atoms. The number of nitrogens with zero attached hydrogens (tertiary/aromatic N) is 2. The molecule has 8 nitrogen and oxygen atoms in total. The Morgan fingerprint density at radius 2 is 2.10 bits per heavy atom. The van der Waals surface area contributed by atoms with Crippen LogP contribution in [0.4, 0.5) is 14.9 Å². The third-order valence-electron chi connectivity index (χ3n) is 6.39. The minimum Gasteiger partial charge on any atom is -0.384 e. The monoisotopic (exact) mass is 454 g/mol. The molecule has 1 unspecified atom stereocenters. The van der Waals surface area contributed by atoms with Crippen molar-refractivity contribution >= 4 is 35.1 Å². The number of ether oxygens (including phenoxy) is 1. The summed E-state index contributed by atoms with van der Waals surface area (Å²) in [7, 11) is 1.48. The summed E-state index contributed by atoms with van der Waals surface area (Å²) in [5.41, 5.74) is 4.97. The fourth-order valence-electron chi connectivity index (χ4n) is 4.64. The van der Waals surface area contributed by atoms with E-state index in [0.29, 0.717) is 26.1 Å². The zero-order valence-electron chi connectivity index (χ0n) is 17.9. The second-order valence-corrected chi connectivity index (χ2v) is 8.84. The molecule has 1 aliphatic heterocycles. The lowest BCUT2D eigenvalue weighted by Gasteiger charge is -2.42. The SMILES string of the molecule is COC[C@@]1(C(=O)NC(N)=O)CC1[C@H](C)C(=O)N1CCN(c2ccc(F)c(Cl)c2)[C@@H](C)C1. The Hall–Kier alpha value is -2.39. The molecule has 2 fully saturated rings. The molecule has 1 saturated heterocycles. The third-order valence-corrected chi connectivity index (χ3v) is 6.68. The number of piperazine rings is 1. The Bertz CT molecular complexity index is 885. The van der Waals surface area contributed by atoms with Crippen molar-refractivity contribution in [1.29, 1.82) is 0 Å². The standard InChI is InChI=1S/C21H28ClFN4O4/c1-12-10-26(6-7-27(12)14-4-5-17(23)16(22)8-14)18(28)13(2)15-9-21(15,11-31-3)19(29)25-20(24)30/h4-5,8,12-13,15H,6-7,9-11H2,1-3H3,(H3,24,25,29,30)/t12-,13-,15?,21-/m0/s1. The molecule has 1 aromatic carbocycles. The number of imide groups is 1. The Kier molecular flexibility index (Phi) is 6.76. The molecule has 31 heavy (non-hydrogen) atoms. The van der Waals surface area contributed by atoms with Gasteiger partial charge in [0, 0.05) is 44.4 Å². The highest BCUT2D eigenvalue weighted by atomic mass is 35.5. The maximum atomic E-state index is 13.5. The minimum atomic E-state index is -0.920. The Morgan fingerprint density at radius 3 is 2.68 bits per heavy atom. The van der Waals surface area contributed by atoms with E-state index >= 15 is 0 Å². The number of methoxy groups -OCH3 is 1. The number of benzene rings is 1. The van der Waals surface area contributed by atoms with Crippen LogP contribution in [0.2, 0.25) is 5.02 Å². The van der Waals surface area contributed by atoms with Gasteiger partial charge in [0.15, 0.2) is 0 Å². The molecule has 3 rings (SSSR count). The topological polar surface area (TPSA) is 105 Å². The highest BCUT2D eigenvalue weighted by Gasteiger charge is 2.63. The maximum absolute atomic E-state index is 13.5. The van der Waals surface area contributed by atoms with E-state index in [2.05, 4.69) is 10.2 Å². The van der Waals surface area contributed by atoms with Gasteiger partial charge in [0.25, 0.3) is 0 Å². The van der Waals surface area contributed by atoms with E-state index in [9.17, 15) is 18.8 Å². The number of primary amides is 1. The molecule has 1 aliphatic carbocycles. The Labute approximate surface area is 185 Å². The van der Waals surface area contributed by atoms with E-state index in [0.717, 1.165) is 5.69 Å². The van der Waals surface area contributed by atoms with Gasteiger partial charge in [-0.1, -0.05) is 18.5 Å². The average molecular weight is 455 g/mol. The predicted molar refractivity (Wildman–Crippen MR) is 114 cm³/mol. The van der Waals surface area contributed by atoms with Crippen LogP contribution in [0.15, 0.2) is 18.2 Å². The number of nitrogens with two attached hydrogens (primary N) is 1. The summed E-state index contributed by atoms with van der Waals surface area (Å²) >= 11 is 5.91. The molecule has 170 valence electrons. The molecule has 0 bridgehead atoms. The van der Waals surface area contributed by atoms with Gasteiger partial charge < -0.3 is 20.3 Å². The number of carbonyl (C=O) groups is 3. The van der Waals surface area contributed by atoms with Crippen LogP contribution in [-0.4, -0.2) is 62.1 Å². The smallest absolute Gasteiger partial charge is 0.318 e. The highest BCUT2D eigenvalue weighted by molar-refractivity contribution is 6.31. The first kappa shape index (κ1) is 23.3. The van der Waals surface area contributed by atoms with Gasteiger partial charge in [0.2, 0.25) is 11.8 Å². The van der Waals surface area contributed by atoms with Gasteiger partial charge in [0.05, 0.1) is 17.0 Å². The lowest BCUT2D eigenvalue weighted by molar-refractivity contribution is -0.137. The van der Waals surface area contributed by atoms with E-state index in [1.807, 2.05) is 6.92 Å². The van der Waals surface area contributed by atoms with Crippen LogP contribution in [0.25, 0.3) is 0 Å². The molecule has 10 heteroatoms. The summed E-state index contributed by atoms with van der Waals surface area (Å²) in [6, 6.07) is 3.69. The number of halogens is 2. The first-order valence-electron chi connectivity index (χ1n) is 10.2. The summed E-state index contributed by atoms with van der Waals surface area (Å²) < 4.78 is 18.7. The Morgan fingerprint density at radius 1 is 1.39 bits per heavy atom.